The standard InChI is InChI=1S/C13H10.2C8H8O2/c1-3-7-12-10(5-1)9-11-6-2-4-8-13(11)12;2*1-10-8(9)7-5-3-2-4-6-7/h1-8H,9H2;2*2-6H,1H3. The van der Waals surface area contributed by atoms with Crippen LogP contribution in [0.15, 0.2) is 109 Å². The second-order valence-corrected chi connectivity index (χ2v) is 7.21. The Morgan fingerprint density at radius 1 is 0.515 bits per heavy atom. The van der Waals surface area contributed by atoms with Gasteiger partial charge in [-0.2, -0.15) is 0 Å². The van der Waals surface area contributed by atoms with E-state index < -0.39 is 0 Å². The lowest BCUT2D eigenvalue weighted by Crippen LogP contribution is -1.99. The number of ether oxygens (including phenoxy) is 2. The van der Waals surface area contributed by atoms with Crippen LogP contribution in [-0.2, 0) is 15.9 Å². The molecule has 0 bridgehead atoms. The van der Waals surface area contributed by atoms with Gasteiger partial charge >= 0.3 is 11.9 Å². The van der Waals surface area contributed by atoms with Crippen LogP contribution >= 0.6 is 0 Å². The summed E-state index contributed by atoms with van der Waals surface area (Å²) >= 11 is 0. The van der Waals surface area contributed by atoms with Crippen LogP contribution in [0.25, 0.3) is 11.1 Å². The predicted octanol–water partition coefficient (Wildman–Crippen LogP) is 6.20. The third-order valence-corrected chi connectivity index (χ3v) is 5.10. The van der Waals surface area contributed by atoms with Crippen molar-refractivity contribution in [1.29, 1.82) is 0 Å². The van der Waals surface area contributed by atoms with Gasteiger partial charge in [0.05, 0.1) is 25.3 Å². The fourth-order valence-electron chi connectivity index (χ4n) is 3.46. The molecular weight excluding hydrogens is 412 g/mol. The zero-order valence-corrected chi connectivity index (χ0v) is 18.7. The van der Waals surface area contributed by atoms with Gasteiger partial charge < -0.3 is 9.47 Å². The molecule has 4 nitrogen and oxygen atoms in total. The molecule has 4 aromatic carbocycles. The monoisotopic (exact) mass is 438 g/mol. The molecule has 1 aliphatic carbocycles. The van der Waals surface area contributed by atoms with E-state index in [1.165, 1.54) is 36.5 Å². The smallest absolute Gasteiger partial charge is 0.337 e. The summed E-state index contributed by atoms with van der Waals surface area (Å²) in [5.74, 6) is -0.582. The highest BCUT2D eigenvalue weighted by atomic mass is 16.5. The van der Waals surface area contributed by atoms with Crippen LogP contribution in [0.2, 0.25) is 0 Å². The molecule has 0 atom stereocenters. The highest BCUT2D eigenvalue weighted by molar-refractivity contribution is 5.89. The van der Waals surface area contributed by atoms with E-state index in [9.17, 15) is 9.59 Å². The quantitative estimate of drug-likeness (QED) is 0.308. The second-order valence-electron chi connectivity index (χ2n) is 7.21. The Morgan fingerprint density at radius 2 is 0.848 bits per heavy atom. The van der Waals surface area contributed by atoms with Gasteiger partial charge in [-0.15, -0.1) is 0 Å². The molecule has 0 amide bonds. The molecule has 0 spiro atoms. The van der Waals surface area contributed by atoms with Gasteiger partial charge in [0.2, 0.25) is 0 Å². The van der Waals surface area contributed by atoms with Crippen molar-refractivity contribution in [2.24, 2.45) is 0 Å². The number of esters is 2. The Bertz CT molecular complexity index is 1090. The number of hydrogen-bond donors (Lipinski definition) is 0. The van der Waals surface area contributed by atoms with Gasteiger partial charge in [-0.25, -0.2) is 9.59 Å². The van der Waals surface area contributed by atoms with Gasteiger partial charge in [0.1, 0.15) is 0 Å². The van der Waals surface area contributed by atoms with Crippen molar-refractivity contribution in [3.05, 3.63) is 131 Å². The average molecular weight is 439 g/mol. The van der Waals surface area contributed by atoms with E-state index in [-0.39, 0.29) is 11.9 Å². The fourth-order valence-corrected chi connectivity index (χ4v) is 3.46. The maximum absolute atomic E-state index is 10.8. The van der Waals surface area contributed by atoms with Crippen molar-refractivity contribution >= 4 is 11.9 Å². The van der Waals surface area contributed by atoms with Gasteiger partial charge in [0, 0.05) is 0 Å². The van der Waals surface area contributed by atoms with Crippen LogP contribution in [0.4, 0.5) is 0 Å². The number of methoxy groups -OCH3 is 2. The molecule has 4 aromatic rings. The van der Waals surface area contributed by atoms with Crippen molar-refractivity contribution in [1.82, 2.24) is 0 Å². The van der Waals surface area contributed by atoms with Gasteiger partial charge in [-0.3, -0.25) is 0 Å². The zero-order chi connectivity index (χ0) is 23.5. The second kappa shape index (κ2) is 12.0. The van der Waals surface area contributed by atoms with Gasteiger partial charge in [0.25, 0.3) is 0 Å². The van der Waals surface area contributed by atoms with E-state index in [1.54, 1.807) is 48.5 Å². The molecule has 166 valence electrons. The van der Waals surface area contributed by atoms with E-state index >= 15 is 0 Å². The van der Waals surface area contributed by atoms with E-state index in [1.807, 2.05) is 12.1 Å². The van der Waals surface area contributed by atoms with Crippen LogP contribution < -0.4 is 0 Å². The minimum atomic E-state index is -0.291. The van der Waals surface area contributed by atoms with Crippen molar-refractivity contribution in [2.75, 3.05) is 14.2 Å². The summed E-state index contributed by atoms with van der Waals surface area (Å²) in [4.78, 5) is 21.6. The van der Waals surface area contributed by atoms with Crippen molar-refractivity contribution in [3.8, 4) is 11.1 Å². The summed E-state index contributed by atoms with van der Waals surface area (Å²) in [6.07, 6.45) is 1.10. The van der Waals surface area contributed by atoms with E-state index in [2.05, 4.69) is 58.0 Å². The number of hydrogen-bond acceptors (Lipinski definition) is 4. The average Bonchev–Trinajstić information content (AvgIpc) is 3.28. The van der Waals surface area contributed by atoms with Crippen LogP contribution in [0, 0.1) is 0 Å². The topological polar surface area (TPSA) is 52.6 Å². The Labute approximate surface area is 194 Å². The molecule has 0 unspecified atom stereocenters. The SMILES string of the molecule is COC(=O)c1ccccc1.COC(=O)c1ccccc1.c1ccc2c(c1)Cc1ccccc1-2. The molecule has 0 aliphatic heterocycles. The van der Waals surface area contributed by atoms with Crippen molar-refractivity contribution in [3.63, 3.8) is 0 Å². The fraction of sp³-hybridized carbons (Fsp3) is 0.103. The van der Waals surface area contributed by atoms with Gasteiger partial charge in [0.15, 0.2) is 0 Å². The van der Waals surface area contributed by atoms with E-state index in [0.717, 1.165) is 6.42 Å². The Balaban J connectivity index is 0.000000142. The Hall–Kier alpha value is -4.18. The largest absolute Gasteiger partial charge is 0.465 e. The van der Waals surface area contributed by atoms with E-state index in [0.29, 0.717) is 11.1 Å². The maximum atomic E-state index is 10.8. The molecule has 0 fully saturated rings. The first-order chi connectivity index (χ1) is 16.1. The zero-order valence-electron chi connectivity index (χ0n) is 18.7. The van der Waals surface area contributed by atoms with Gasteiger partial charge in [-0.05, 0) is 52.9 Å². The Kier molecular flexibility index (Phi) is 8.55. The van der Waals surface area contributed by atoms with Crippen LogP contribution in [0.1, 0.15) is 31.8 Å². The lowest BCUT2D eigenvalue weighted by molar-refractivity contribution is 0.0592. The summed E-state index contributed by atoms with van der Waals surface area (Å²) in [5, 5.41) is 0. The molecule has 0 heterocycles. The number of benzene rings is 4. The molecule has 33 heavy (non-hydrogen) atoms. The van der Waals surface area contributed by atoms with Crippen LogP contribution in [-0.4, -0.2) is 26.2 Å². The number of carbonyl (C=O) groups is 2. The number of carbonyl (C=O) groups excluding carboxylic acids is 2. The number of fused-ring (bicyclic) bond motifs is 3. The summed E-state index contributed by atoms with van der Waals surface area (Å²) in [6.45, 7) is 0. The summed E-state index contributed by atoms with van der Waals surface area (Å²) in [5.41, 5.74) is 6.93. The third kappa shape index (κ3) is 6.40. The summed E-state index contributed by atoms with van der Waals surface area (Å²) in [6, 6.07) is 35.1. The Morgan fingerprint density at radius 3 is 1.21 bits per heavy atom. The first kappa shape index (κ1) is 23.5. The minimum Gasteiger partial charge on any atom is -0.465 e. The summed E-state index contributed by atoms with van der Waals surface area (Å²) < 4.78 is 8.99. The molecule has 4 heteroatoms. The lowest BCUT2D eigenvalue weighted by atomic mass is 10.1. The lowest BCUT2D eigenvalue weighted by Gasteiger charge is -1.98. The highest BCUT2D eigenvalue weighted by Gasteiger charge is 2.15. The molecule has 0 aromatic heterocycles. The maximum Gasteiger partial charge on any atom is 0.337 e. The third-order valence-electron chi connectivity index (χ3n) is 5.10. The molecule has 0 saturated heterocycles. The van der Waals surface area contributed by atoms with Crippen molar-refractivity contribution in [2.45, 2.75) is 6.42 Å². The molecular formula is C29H26O4. The molecule has 5 rings (SSSR count). The minimum absolute atomic E-state index is 0.291. The first-order valence-electron chi connectivity index (χ1n) is 10.6. The van der Waals surface area contributed by atoms with Crippen LogP contribution in [0.3, 0.4) is 0 Å². The summed E-state index contributed by atoms with van der Waals surface area (Å²) in [7, 11) is 2.74. The molecule has 0 N–H and O–H groups in total. The normalized spacial score (nSPS) is 10.2. The van der Waals surface area contributed by atoms with Crippen molar-refractivity contribution < 1.29 is 19.1 Å². The highest BCUT2D eigenvalue weighted by Crippen LogP contribution is 2.35. The molecule has 0 radical (unpaired) electrons. The predicted molar refractivity (Wildman–Crippen MR) is 130 cm³/mol. The molecule has 0 saturated carbocycles. The first-order valence-corrected chi connectivity index (χ1v) is 10.6. The van der Waals surface area contributed by atoms with Crippen LogP contribution in [0.5, 0.6) is 0 Å². The number of rotatable bonds is 2. The van der Waals surface area contributed by atoms with E-state index in [4.69, 9.17) is 0 Å². The van der Waals surface area contributed by atoms with Gasteiger partial charge in [-0.1, -0.05) is 84.9 Å². The molecule has 1 aliphatic rings.